The van der Waals surface area contributed by atoms with E-state index in [9.17, 15) is 9.90 Å². The van der Waals surface area contributed by atoms with Gasteiger partial charge in [-0.25, -0.2) is 9.97 Å². The maximum atomic E-state index is 12.8. The van der Waals surface area contributed by atoms with Crippen molar-refractivity contribution >= 4 is 17.5 Å². The molecular formula is C22H20ClN3O2. The molecule has 1 fully saturated rings. The van der Waals surface area contributed by atoms with Crippen molar-refractivity contribution in [3.63, 3.8) is 0 Å². The number of halogens is 1. The normalized spacial score (nSPS) is 19.0. The van der Waals surface area contributed by atoms with Gasteiger partial charge in [0.05, 0.1) is 12.1 Å². The van der Waals surface area contributed by atoms with Crippen molar-refractivity contribution in [1.82, 2.24) is 14.9 Å². The minimum absolute atomic E-state index is 0.175. The van der Waals surface area contributed by atoms with Gasteiger partial charge in [-0.05, 0) is 43.2 Å². The van der Waals surface area contributed by atoms with E-state index in [1.54, 1.807) is 17.0 Å². The molecule has 1 atom stereocenters. The molecule has 0 bridgehead atoms. The Morgan fingerprint density at radius 3 is 2.36 bits per heavy atom. The highest BCUT2D eigenvalue weighted by Crippen LogP contribution is 2.32. The van der Waals surface area contributed by atoms with Gasteiger partial charge in [0.2, 0.25) is 0 Å². The van der Waals surface area contributed by atoms with E-state index in [1.807, 2.05) is 43.3 Å². The standard InChI is InChI=1S/C22H20ClN3O2/c1-15-2-6-18(7-3-15)22(28)10-11-26(14-22)21(27)17-12-24-20(25-13-17)16-4-8-19(23)9-5-16/h2-9,12-13,28H,10-11,14H2,1H3/t22-/m0/s1. The molecule has 1 amide bonds. The first-order valence-electron chi connectivity index (χ1n) is 9.11. The fourth-order valence-corrected chi connectivity index (χ4v) is 3.56. The summed E-state index contributed by atoms with van der Waals surface area (Å²) in [5.41, 5.74) is 2.19. The summed E-state index contributed by atoms with van der Waals surface area (Å²) < 4.78 is 0. The van der Waals surface area contributed by atoms with Crippen LogP contribution in [0, 0.1) is 6.92 Å². The first-order valence-corrected chi connectivity index (χ1v) is 9.49. The van der Waals surface area contributed by atoms with Crippen molar-refractivity contribution < 1.29 is 9.90 Å². The highest BCUT2D eigenvalue weighted by Gasteiger charge is 2.39. The average Bonchev–Trinajstić information content (AvgIpc) is 3.12. The van der Waals surface area contributed by atoms with Crippen LogP contribution < -0.4 is 0 Å². The highest BCUT2D eigenvalue weighted by molar-refractivity contribution is 6.30. The molecule has 5 nitrogen and oxygen atoms in total. The van der Waals surface area contributed by atoms with E-state index in [0.29, 0.717) is 29.4 Å². The van der Waals surface area contributed by atoms with Gasteiger partial charge in [0.15, 0.2) is 5.82 Å². The Balaban J connectivity index is 1.49. The van der Waals surface area contributed by atoms with Gasteiger partial charge in [-0.1, -0.05) is 41.4 Å². The Bertz CT molecular complexity index is 988. The summed E-state index contributed by atoms with van der Waals surface area (Å²) in [4.78, 5) is 23.1. The maximum absolute atomic E-state index is 12.8. The monoisotopic (exact) mass is 393 g/mol. The second-order valence-corrected chi connectivity index (χ2v) is 7.61. The molecule has 1 N–H and O–H groups in total. The average molecular weight is 394 g/mol. The smallest absolute Gasteiger partial charge is 0.257 e. The second-order valence-electron chi connectivity index (χ2n) is 7.18. The fourth-order valence-electron chi connectivity index (χ4n) is 3.44. The van der Waals surface area contributed by atoms with Crippen molar-refractivity contribution in [3.8, 4) is 11.4 Å². The molecule has 28 heavy (non-hydrogen) atoms. The lowest BCUT2D eigenvalue weighted by molar-refractivity contribution is 0.0417. The van der Waals surface area contributed by atoms with Crippen LogP contribution in [0.15, 0.2) is 60.9 Å². The largest absolute Gasteiger partial charge is 0.383 e. The van der Waals surface area contributed by atoms with E-state index in [-0.39, 0.29) is 12.5 Å². The van der Waals surface area contributed by atoms with E-state index in [1.165, 1.54) is 12.4 Å². The van der Waals surface area contributed by atoms with Crippen LogP contribution in [0.1, 0.15) is 27.9 Å². The SMILES string of the molecule is Cc1ccc([C@]2(O)CCN(C(=O)c3cnc(-c4ccc(Cl)cc4)nc3)C2)cc1. The number of nitrogens with zero attached hydrogens (tertiary/aromatic N) is 3. The van der Waals surface area contributed by atoms with E-state index in [0.717, 1.165) is 16.7 Å². The van der Waals surface area contributed by atoms with Crippen LogP contribution in [-0.2, 0) is 5.60 Å². The third-order valence-electron chi connectivity index (χ3n) is 5.13. The Hall–Kier alpha value is -2.76. The number of hydrogen-bond donors (Lipinski definition) is 1. The molecule has 1 aromatic heterocycles. The van der Waals surface area contributed by atoms with E-state index in [2.05, 4.69) is 9.97 Å². The quantitative estimate of drug-likeness (QED) is 0.734. The van der Waals surface area contributed by atoms with Gasteiger partial charge in [-0.3, -0.25) is 4.79 Å². The predicted octanol–water partition coefficient (Wildman–Crippen LogP) is 3.84. The summed E-state index contributed by atoms with van der Waals surface area (Å²) >= 11 is 5.90. The number of aliphatic hydroxyl groups is 1. The van der Waals surface area contributed by atoms with Crippen LogP contribution in [-0.4, -0.2) is 39.0 Å². The van der Waals surface area contributed by atoms with Crippen LogP contribution in [0.2, 0.25) is 5.02 Å². The summed E-state index contributed by atoms with van der Waals surface area (Å²) in [6.45, 7) is 2.75. The van der Waals surface area contributed by atoms with Gasteiger partial charge in [0.1, 0.15) is 5.60 Å². The third kappa shape index (κ3) is 3.63. The predicted molar refractivity (Wildman–Crippen MR) is 108 cm³/mol. The molecule has 0 radical (unpaired) electrons. The van der Waals surface area contributed by atoms with E-state index < -0.39 is 5.60 Å². The molecule has 0 aliphatic carbocycles. The molecule has 1 aliphatic rings. The number of aryl methyl sites for hydroxylation is 1. The molecule has 1 saturated heterocycles. The lowest BCUT2D eigenvalue weighted by Gasteiger charge is -2.24. The van der Waals surface area contributed by atoms with Crippen LogP contribution in [0.4, 0.5) is 0 Å². The molecule has 6 heteroatoms. The first-order chi connectivity index (χ1) is 13.4. The number of carbonyl (C=O) groups excluding carboxylic acids is 1. The Morgan fingerprint density at radius 1 is 1.07 bits per heavy atom. The zero-order chi connectivity index (χ0) is 19.7. The molecule has 142 valence electrons. The minimum atomic E-state index is -1.02. The molecule has 3 aromatic rings. The Kier molecular flexibility index (Phi) is 4.87. The van der Waals surface area contributed by atoms with Gasteiger partial charge in [0.25, 0.3) is 5.91 Å². The van der Waals surface area contributed by atoms with Crippen molar-refractivity contribution in [2.75, 3.05) is 13.1 Å². The zero-order valence-corrected chi connectivity index (χ0v) is 16.2. The van der Waals surface area contributed by atoms with Gasteiger partial charge in [-0.2, -0.15) is 0 Å². The number of likely N-dealkylation sites (tertiary alicyclic amines) is 1. The zero-order valence-electron chi connectivity index (χ0n) is 15.5. The number of rotatable bonds is 3. The van der Waals surface area contributed by atoms with Crippen molar-refractivity contribution in [3.05, 3.63) is 82.6 Å². The van der Waals surface area contributed by atoms with Crippen LogP contribution in [0.3, 0.4) is 0 Å². The Labute approximate surface area is 168 Å². The van der Waals surface area contributed by atoms with E-state index >= 15 is 0 Å². The molecule has 0 saturated carbocycles. The molecule has 4 rings (SSSR count). The Morgan fingerprint density at radius 2 is 1.71 bits per heavy atom. The van der Waals surface area contributed by atoms with Crippen molar-refractivity contribution in [2.45, 2.75) is 18.9 Å². The summed E-state index contributed by atoms with van der Waals surface area (Å²) in [5.74, 6) is 0.358. The number of benzene rings is 2. The van der Waals surface area contributed by atoms with Gasteiger partial charge in [0, 0.05) is 29.5 Å². The number of carbonyl (C=O) groups is 1. The molecule has 1 aliphatic heterocycles. The molecule has 2 aromatic carbocycles. The van der Waals surface area contributed by atoms with Crippen LogP contribution in [0.25, 0.3) is 11.4 Å². The molecule has 2 heterocycles. The number of aromatic nitrogens is 2. The fraction of sp³-hybridized carbons (Fsp3) is 0.227. The van der Waals surface area contributed by atoms with Crippen LogP contribution >= 0.6 is 11.6 Å². The first kappa shape index (κ1) is 18.6. The van der Waals surface area contributed by atoms with Crippen LogP contribution in [0.5, 0.6) is 0 Å². The molecular weight excluding hydrogens is 374 g/mol. The molecule has 0 unspecified atom stereocenters. The summed E-state index contributed by atoms with van der Waals surface area (Å²) in [6.07, 6.45) is 3.57. The van der Waals surface area contributed by atoms with Crippen molar-refractivity contribution in [2.24, 2.45) is 0 Å². The summed E-state index contributed by atoms with van der Waals surface area (Å²) in [6, 6.07) is 15.0. The molecule has 0 spiro atoms. The van der Waals surface area contributed by atoms with Gasteiger partial charge < -0.3 is 10.0 Å². The lowest BCUT2D eigenvalue weighted by Crippen LogP contribution is -2.34. The minimum Gasteiger partial charge on any atom is -0.383 e. The number of hydrogen-bond acceptors (Lipinski definition) is 4. The topological polar surface area (TPSA) is 66.3 Å². The highest BCUT2D eigenvalue weighted by atomic mass is 35.5. The number of amides is 1. The van der Waals surface area contributed by atoms with Gasteiger partial charge >= 0.3 is 0 Å². The lowest BCUT2D eigenvalue weighted by atomic mass is 9.92. The third-order valence-corrected chi connectivity index (χ3v) is 5.38. The number of β-amino-alcohol motifs (C(OH)–C–C–N with tert-alkyl or cyclic N) is 1. The summed E-state index contributed by atoms with van der Waals surface area (Å²) in [5, 5.41) is 11.6. The maximum Gasteiger partial charge on any atom is 0.257 e. The van der Waals surface area contributed by atoms with E-state index in [4.69, 9.17) is 11.6 Å². The second kappa shape index (κ2) is 7.34. The van der Waals surface area contributed by atoms with Crippen molar-refractivity contribution in [1.29, 1.82) is 0 Å². The summed E-state index contributed by atoms with van der Waals surface area (Å²) in [7, 11) is 0. The van der Waals surface area contributed by atoms with Gasteiger partial charge in [-0.15, -0.1) is 0 Å².